The molecule has 28 heavy (non-hydrogen) atoms. The van der Waals surface area contributed by atoms with Crippen molar-refractivity contribution in [1.82, 2.24) is 0 Å². The van der Waals surface area contributed by atoms with Gasteiger partial charge in [0.2, 0.25) is 0 Å². The molecule has 2 aromatic carbocycles. The van der Waals surface area contributed by atoms with Gasteiger partial charge in [0.1, 0.15) is 0 Å². The van der Waals surface area contributed by atoms with Gasteiger partial charge in [-0.25, -0.2) is 0 Å². The van der Waals surface area contributed by atoms with Gasteiger partial charge in [-0.2, -0.15) is 0 Å². The van der Waals surface area contributed by atoms with Crippen LogP contribution in [0.25, 0.3) is 0 Å². The highest BCUT2D eigenvalue weighted by Crippen LogP contribution is 2.38. The summed E-state index contributed by atoms with van der Waals surface area (Å²) in [4.78, 5) is 0. The minimum atomic E-state index is -2.49. The number of benzene rings is 2. The molecule has 1 aliphatic rings. The molecule has 1 heterocycles. The van der Waals surface area contributed by atoms with Gasteiger partial charge in [-0.1, -0.05) is 94.4 Å². The van der Waals surface area contributed by atoms with Crippen molar-refractivity contribution in [2.45, 2.75) is 57.8 Å². The molecular weight excluding hydrogens is 360 g/mol. The lowest BCUT2D eigenvalue weighted by atomic mass is 10.0. The Bertz CT molecular complexity index is 712. The summed E-state index contributed by atoms with van der Waals surface area (Å²) in [6.07, 6.45) is 4.38. The Labute approximate surface area is 171 Å². The van der Waals surface area contributed by atoms with E-state index in [-0.39, 0.29) is 17.2 Å². The molecule has 1 aliphatic heterocycles. The molecule has 0 saturated carbocycles. The lowest BCUT2D eigenvalue weighted by Crippen LogP contribution is -2.67. The maximum absolute atomic E-state index is 7.04. The van der Waals surface area contributed by atoms with Crippen molar-refractivity contribution < 1.29 is 9.16 Å². The summed E-state index contributed by atoms with van der Waals surface area (Å²) in [5, 5.41) is 2.64. The molecule has 0 aromatic heterocycles. The molecule has 0 bridgehead atoms. The second-order valence-corrected chi connectivity index (χ2v) is 13.3. The van der Waals surface area contributed by atoms with Crippen molar-refractivity contribution in [2.75, 3.05) is 6.61 Å². The molecule has 0 aliphatic carbocycles. The average molecular weight is 395 g/mol. The zero-order chi connectivity index (χ0) is 20.2. The van der Waals surface area contributed by atoms with E-state index in [1.165, 1.54) is 10.4 Å². The minimum absolute atomic E-state index is 0.00192. The monoisotopic (exact) mass is 394 g/mol. The first-order chi connectivity index (χ1) is 13.4. The van der Waals surface area contributed by atoms with E-state index in [2.05, 4.69) is 94.9 Å². The van der Waals surface area contributed by atoms with Crippen LogP contribution in [-0.4, -0.2) is 27.1 Å². The highest BCUT2D eigenvalue weighted by atomic mass is 28.4. The standard InChI is InChI=1S/C25H34O2Si/c1-6-13-21-18-20(2)24(27-21)19-26-28(25(3,4)5,22-14-9-7-10-15-22)23-16-11-8-12-17-23/h6-12,14-17,20-21,24H,1,13,18-19H2,2-5H3/t20-,21-,24+/m1/s1. The van der Waals surface area contributed by atoms with Crippen molar-refractivity contribution in [3.63, 3.8) is 0 Å². The van der Waals surface area contributed by atoms with E-state index in [0.717, 1.165) is 12.8 Å². The van der Waals surface area contributed by atoms with E-state index in [1.54, 1.807) is 0 Å². The van der Waals surface area contributed by atoms with Crippen LogP contribution in [0.5, 0.6) is 0 Å². The first-order valence-corrected chi connectivity index (χ1v) is 12.3. The summed E-state index contributed by atoms with van der Waals surface area (Å²) < 4.78 is 13.4. The third-order valence-electron chi connectivity index (χ3n) is 5.95. The summed E-state index contributed by atoms with van der Waals surface area (Å²) in [7, 11) is -2.49. The molecule has 1 fully saturated rings. The highest BCUT2D eigenvalue weighted by molar-refractivity contribution is 6.99. The maximum atomic E-state index is 7.04. The lowest BCUT2D eigenvalue weighted by molar-refractivity contribution is 0.00726. The second kappa shape index (κ2) is 8.77. The summed E-state index contributed by atoms with van der Waals surface area (Å²) in [5.74, 6) is 0.503. The molecule has 0 unspecified atom stereocenters. The Morgan fingerprint density at radius 3 is 2.04 bits per heavy atom. The van der Waals surface area contributed by atoms with Crippen molar-refractivity contribution in [3.8, 4) is 0 Å². The molecule has 150 valence electrons. The van der Waals surface area contributed by atoms with Crippen molar-refractivity contribution >= 4 is 18.7 Å². The summed E-state index contributed by atoms with van der Waals surface area (Å²) in [6, 6.07) is 21.6. The van der Waals surface area contributed by atoms with E-state index >= 15 is 0 Å². The van der Waals surface area contributed by atoms with Crippen LogP contribution in [0.4, 0.5) is 0 Å². The Kier molecular flexibility index (Phi) is 6.59. The predicted molar refractivity (Wildman–Crippen MR) is 121 cm³/mol. The highest BCUT2D eigenvalue weighted by Gasteiger charge is 2.50. The van der Waals surface area contributed by atoms with Gasteiger partial charge in [0, 0.05) is 0 Å². The van der Waals surface area contributed by atoms with Gasteiger partial charge in [0.05, 0.1) is 18.8 Å². The van der Waals surface area contributed by atoms with Crippen LogP contribution >= 0.6 is 0 Å². The van der Waals surface area contributed by atoms with Gasteiger partial charge in [0.25, 0.3) is 8.32 Å². The number of rotatable bonds is 7. The van der Waals surface area contributed by atoms with Crippen LogP contribution in [-0.2, 0) is 9.16 Å². The van der Waals surface area contributed by atoms with Gasteiger partial charge in [-0.3, -0.25) is 0 Å². The van der Waals surface area contributed by atoms with Crippen LogP contribution < -0.4 is 10.4 Å². The smallest absolute Gasteiger partial charge is 0.261 e. The van der Waals surface area contributed by atoms with E-state index in [9.17, 15) is 0 Å². The van der Waals surface area contributed by atoms with Gasteiger partial charge in [-0.15, -0.1) is 6.58 Å². The van der Waals surface area contributed by atoms with Crippen molar-refractivity contribution in [3.05, 3.63) is 73.3 Å². The fourth-order valence-electron chi connectivity index (χ4n) is 4.51. The molecule has 0 N–H and O–H groups in total. The largest absolute Gasteiger partial charge is 0.405 e. The fraction of sp³-hybridized carbons (Fsp3) is 0.440. The first kappa shape index (κ1) is 21.0. The normalized spacial score (nSPS) is 22.9. The zero-order valence-electron chi connectivity index (χ0n) is 17.7. The summed E-state index contributed by atoms with van der Waals surface area (Å²) >= 11 is 0. The Morgan fingerprint density at radius 1 is 1.04 bits per heavy atom. The van der Waals surface area contributed by atoms with Crippen LogP contribution in [0.15, 0.2) is 73.3 Å². The Hall–Kier alpha value is -1.68. The topological polar surface area (TPSA) is 18.5 Å². The average Bonchev–Trinajstić information content (AvgIpc) is 3.02. The SMILES string of the molecule is C=CC[C@@H]1C[C@@H](C)[C@H](CO[Si](c2ccccc2)(c2ccccc2)C(C)(C)C)O1. The Balaban J connectivity index is 1.96. The maximum Gasteiger partial charge on any atom is 0.261 e. The van der Waals surface area contributed by atoms with E-state index in [4.69, 9.17) is 9.16 Å². The third kappa shape index (κ3) is 4.17. The number of ether oxygens (including phenoxy) is 1. The lowest BCUT2D eigenvalue weighted by Gasteiger charge is -2.43. The second-order valence-electron chi connectivity index (χ2n) is 9.01. The number of hydrogen-bond donors (Lipinski definition) is 0. The van der Waals surface area contributed by atoms with Crippen molar-refractivity contribution in [2.24, 2.45) is 5.92 Å². The summed E-state index contributed by atoms with van der Waals surface area (Å²) in [6.45, 7) is 13.7. The van der Waals surface area contributed by atoms with E-state index < -0.39 is 8.32 Å². The van der Waals surface area contributed by atoms with Gasteiger partial charge < -0.3 is 9.16 Å². The van der Waals surface area contributed by atoms with Gasteiger partial charge >= 0.3 is 0 Å². The molecule has 3 heteroatoms. The van der Waals surface area contributed by atoms with Crippen LogP contribution in [0.3, 0.4) is 0 Å². The molecule has 3 rings (SSSR count). The van der Waals surface area contributed by atoms with E-state index in [0.29, 0.717) is 12.5 Å². The molecule has 0 radical (unpaired) electrons. The van der Waals surface area contributed by atoms with Gasteiger partial charge in [0.15, 0.2) is 0 Å². The molecule has 0 amide bonds. The predicted octanol–water partition coefficient (Wildman–Crippen LogP) is 4.93. The molecular formula is C25H34O2Si. The minimum Gasteiger partial charge on any atom is -0.405 e. The zero-order valence-corrected chi connectivity index (χ0v) is 18.7. The number of hydrogen-bond acceptors (Lipinski definition) is 2. The van der Waals surface area contributed by atoms with Crippen LogP contribution in [0, 0.1) is 5.92 Å². The quantitative estimate of drug-likeness (QED) is 0.489. The molecule has 1 saturated heterocycles. The molecule has 3 atom stereocenters. The van der Waals surface area contributed by atoms with Crippen LogP contribution in [0.2, 0.25) is 5.04 Å². The molecule has 0 spiro atoms. The first-order valence-electron chi connectivity index (χ1n) is 10.4. The van der Waals surface area contributed by atoms with Crippen LogP contribution in [0.1, 0.15) is 40.5 Å². The fourth-order valence-corrected chi connectivity index (χ4v) is 9.08. The third-order valence-corrected chi connectivity index (χ3v) is 11.0. The molecule has 2 nitrogen and oxygen atoms in total. The Morgan fingerprint density at radius 2 is 1.57 bits per heavy atom. The van der Waals surface area contributed by atoms with Gasteiger partial charge in [-0.05, 0) is 34.2 Å². The molecule has 2 aromatic rings. The van der Waals surface area contributed by atoms with E-state index in [1.807, 2.05) is 6.08 Å². The summed E-state index contributed by atoms with van der Waals surface area (Å²) in [5.41, 5.74) is 0. The van der Waals surface area contributed by atoms with Crippen molar-refractivity contribution in [1.29, 1.82) is 0 Å².